The van der Waals surface area contributed by atoms with Gasteiger partial charge >= 0.3 is 0 Å². The first-order valence-electron chi connectivity index (χ1n) is 11.4. The minimum absolute atomic E-state index is 0.190. The quantitative estimate of drug-likeness (QED) is 0.443. The van der Waals surface area contributed by atoms with E-state index in [2.05, 4.69) is 30.4 Å². The molecule has 1 N–H and O–H groups in total. The lowest BCUT2D eigenvalue weighted by Gasteiger charge is -2.32. The number of aromatic nitrogens is 6. The summed E-state index contributed by atoms with van der Waals surface area (Å²) in [5, 5.41) is 8.00. The first-order chi connectivity index (χ1) is 17.0. The molecule has 0 atom stereocenters. The number of aryl methyl sites for hydroxylation is 1. The van der Waals surface area contributed by atoms with E-state index in [9.17, 15) is 8.42 Å². The Balaban J connectivity index is 1.55. The zero-order valence-electron chi connectivity index (χ0n) is 19.0. The van der Waals surface area contributed by atoms with Crippen molar-refractivity contribution in [1.29, 1.82) is 0 Å². The van der Waals surface area contributed by atoms with Gasteiger partial charge < -0.3 is 5.32 Å². The van der Waals surface area contributed by atoms with E-state index in [-0.39, 0.29) is 4.90 Å². The normalized spacial score (nSPS) is 16.6. The van der Waals surface area contributed by atoms with Gasteiger partial charge in [0.25, 0.3) is 10.0 Å². The summed E-state index contributed by atoms with van der Waals surface area (Å²) < 4.78 is 28.8. The van der Waals surface area contributed by atoms with Gasteiger partial charge in [-0.2, -0.15) is 12.5 Å². The van der Waals surface area contributed by atoms with Crippen LogP contribution in [-0.4, -0.2) is 43.6 Å². The highest BCUT2D eigenvalue weighted by Gasteiger charge is 2.42. The zero-order chi connectivity index (χ0) is 24.0. The molecule has 1 saturated carbocycles. The van der Waals surface area contributed by atoms with Gasteiger partial charge in [0, 0.05) is 30.4 Å². The van der Waals surface area contributed by atoms with E-state index in [1.807, 2.05) is 31.2 Å². The van der Waals surface area contributed by atoms with E-state index in [1.165, 1.54) is 16.7 Å². The van der Waals surface area contributed by atoms with Gasteiger partial charge in [0.15, 0.2) is 5.82 Å². The van der Waals surface area contributed by atoms with Crippen molar-refractivity contribution in [3.8, 4) is 0 Å². The monoisotopic (exact) mass is 485 g/mol. The molecular weight excluding hydrogens is 462 g/mol. The SMILES string of the molecule is Cc1ccc(S(=O)(=O)n2nc(NC3CC3)c3c2CC(c2ccncn2)(c2ccncn2)C=C3)cc1. The number of nitrogens with zero attached hydrogens (tertiary/aromatic N) is 6. The van der Waals surface area contributed by atoms with E-state index in [4.69, 9.17) is 0 Å². The van der Waals surface area contributed by atoms with Gasteiger partial charge in [-0.3, -0.25) is 0 Å². The van der Waals surface area contributed by atoms with Crippen LogP contribution in [0.1, 0.15) is 41.1 Å². The molecule has 9 nitrogen and oxygen atoms in total. The Hall–Kier alpha value is -3.92. The molecule has 176 valence electrons. The molecule has 0 aliphatic heterocycles. The lowest BCUT2D eigenvalue weighted by molar-refractivity contribution is 0.552. The molecule has 0 radical (unpaired) electrons. The number of fused-ring (bicyclic) bond motifs is 1. The number of rotatable bonds is 6. The fourth-order valence-electron chi connectivity index (χ4n) is 4.46. The molecule has 4 aromatic rings. The number of hydrogen-bond donors (Lipinski definition) is 1. The van der Waals surface area contributed by atoms with Crippen molar-refractivity contribution in [1.82, 2.24) is 29.1 Å². The highest BCUT2D eigenvalue weighted by atomic mass is 32.2. The van der Waals surface area contributed by atoms with Crippen LogP contribution >= 0.6 is 0 Å². The maximum Gasteiger partial charge on any atom is 0.283 e. The Morgan fingerprint density at radius 2 is 1.63 bits per heavy atom. The number of nitrogens with one attached hydrogen (secondary N) is 1. The standard InChI is InChI=1S/C25H23N7O2S/c1-17-2-6-19(7-3-17)35(33,34)32-21-14-25(22-9-12-26-15-28-22,23-10-13-27-16-29-23)11-8-20(21)24(31-32)30-18-4-5-18/h2-3,6-13,15-16,18H,4-5,14H2,1H3,(H,30,31). The number of benzene rings is 1. The Morgan fingerprint density at radius 1 is 0.971 bits per heavy atom. The average molecular weight is 486 g/mol. The Bertz CT molecular complexity index is 1470. The van der Waals surface area contributed by atoms with E-state index >= 15 is 0 Å². The van der Waals surface area contributed by atoms with Crippen LogP contribution < -0.4 is 5.32 Å². The maximum absolute atomic E-state index is 13.8. The predicted molar refractivity (Wildman–Crippen MR) is 130 cm³/mol. The minimum atomic E-state index is -3.94. The van der Waals surface area contributed by atoms with Crippen LogP contribution in [0.4, 0.5) is 5.82 Å². The van der Waals surface area contributed by atoms with Crippen LogP contribution in [0.25, 0.3) is 6.08 Å². The molecule has 0 bridgehead atoms. The molecule has 10 heteroatoms. The summed E-state index contributed by atoms with van der Waals surface area (Å²) >= 11 is 0. The van der Waals surface area contributed by atoms with Gasteiger partial charge in [0.2, 0.25) is 0 Å². The molecule has 1 aromatic carbocycles. The van der Waals surface area contributed by atoms with Crippen molar-refractivity contribution in [3.05, 3.63) is 95.7 Å². The highest BCUT2D eigenvalue weighted by Crippen LogP contribution is 2.43. The lowest BCUT2D eigenvalue weighted by Crippen LogP contribution is -2.34. The van der Waals surface area contributed by atoms with Crippen LogP contribution in [0.2, 0.25) is 0 Å². The van der Waals surface area contributed by atoms with Gasteiger partial charge in [0.1, 0.15) is 12.7 Å². The van der Waals surface area contributed by atoms with E-state index in [0.29, 0.717) is 35.4 Å². The van der Waals surface area contributed by atoms with Gasteiger partial charge in [-0.25, -0.2) is 19.9 Å². The number of hydrogen-bond acceptors (Lipinski definition) is 8. The third kappa shape index (κ3) is 3.70. The number of allylic oxidation sites excluding steroid dienone is 1. The van der Waals surface area contributed by atoms with Crippen molar-refractivity contribution >= 4 is 21.9 Å². The zero-order valence-corrected chi connectivity index (χ0v) is 19.9. The van der Waals surface area contributed by atoms with E-state index in [1.54, 1.807) is 36.7 Å². The Labute approximate surface area is 203 Å². The summed E-state index contributed by atoms with van der Waals surface area (Å²) in [5.41, 5.74) is 2.95. The summed E-state index contributed by atoms with van der Waals surface area (Å²) in [6.45, 7) is 1.92. The van der Waals surface area contributed by atoms with Crippen molar-refractivity contribution < 1.29 is 8.42 Å². The molecule has 35 heavy (non-hydrogen) atoms. The second-order valence-electron chi connectivity index (χ2n) is 8.96. The molecule has 0 amide bonds. The van der Waals surface area contributed by atoms with Crippen molar-refractivity contribution in [2.45, 2.75) is 42.5 Å². The maximum atomic E-state index is 13.8. The molecule has 1 fully saturated rings. The van der Waals surface area contributed by atoms with Crippen molar-refractivity contribution in [2.24, 2.45) is 0 Å². The third-order valence-corrected chi connectivity index (χ3v) is 8.14. The van der Waals surface area contributed by atoms with Gasteiger partial charge in [-0.1, -0.05) is 29.8 Å². The second kappa shape index (κ2) is 8.09. The molecule has 3 heterocycles. The number of anilines is 1. The van der Waals surface area contributed by atoms with Crippen LogP contribution in [0.3, 0.4) is 0 Å². The smallest absolute Gasteiger partial charge is 0.283 e. The van der Waals surface area contributed by atoms with Gasteiger partial charge in [-0.05, 0) is 44.0 Å². The molecule has 0 saturated heterocycles. The topological polar surface area (TPSA) is 116 Å². The summed E-state index contributed by atoms with van der Waals surface area (Å²) in [6, 6.07) is 10.8. The average Bonchev–Trinajstić information content (AvgIpc) is 3.64. The molecule has 6 rings (SSSR count). The third-order valence-electron chi connectivity index (χ3n) is 6.51. The highest BCUT2D eigenvalue weighted by molar-refractivity contribution is 7.89. The van der Waals surface area contributed by atoms with Crippen LogP contribution in [0, 0.1) is 6.92 Å². The van der Waals surface area contributed by atoms with Crippen molar-refractivity contribution in [2.75, 3.05) is 5.32 Å². The Kier molecular flexibility index (Phi) is 4.99. The molecule has 3 aromatic heterocycles. The first kappa shape index (κ1) is 21.6. The van der Waals surface area contributed by atoms with Gasteiger partial charge in [0.05, 0.1) is 27.4 Å². The first-order valence-corrected chi connectivity index (χ1v) is 12.8. The Morgan fingerprint density at radius 3 is 2.20 bits per heavy atom. The summed E-state index contributed by atoms with van der Waals surface area (Å²) in [6.07, 6.45) is 12.7. The molecule has 2 aliphatic carbocycles. The fraction of sp³-hybridized carbons (Fsp3) is 0.240. The molecule has 0 spiro atoms. The van der Waals surface area contributed by atoms with Gasteiger partial charge in [-0.15, -0.1) is 5.10 Å². The summed E-state index contributed by atoms with van der Waals surface area (Å²) in [7, 11) is -3.94. The van der Waals surface area contributed by atoms with Crippen molar-refractivity contribution in [3.63, 3.8) is 0 Å². The second-order valence-corrected chi connectivity index (χ2v) is 10.7. The fourth-order valence-corrected chi connectivity index (χ4v) is 5.78. The summed E-state index contributed by atoms with van der Waals surface area (Å²) in [4.78, 5) is 17.4. The summed E-state index contributed by atoms with van der Waals surface area (Å²) in [5.74, 6) is 0.577. The van der Waals surface area contributed by atoms with E-state index in [0.717, 1.165) is 24.0 Å². The largest absolute Gasteiger partial charge is 0.365 e. The lowest BCUT2D eigenvalue weighted by atomic mass is 9.73. The predicted octanol–water partition coefficient (Wildman–Crippen LogP) is 3.14. The van der Waals surface area contributed by atoms with Crippen LogP contribution in [-0.2, 0) is 21.9 Å². The van der Waals surface area contributed by atoms with Crippen LogP contribution in [0.5, 0.6) is 0 Å². The van der Waals surface area contributed by atoms with E-state index < -0.39 is 15.4 Å². The minimum Gasteiger partial charge on any atom is -0.365 e. The van der Waals surface area contributed by atoms with Crippen LogP contribution in [0.15, 0.2) is 72.4 Å². The molecule has 2 aliphatic rings. The molecule has 0 unspecified atom stereocenters. The molecular formula is C25H23N7O2S.